The van der Waals surface area contributed by atoms with Crippen molar-refractivity contribution < 1.29 is 9.59 Å². The van der Waals surface area contributed by atoms with Crippen molar-refractivity contribution in [2.45, 2.75) is 13.5 Å². The highest BCUT2D eigenvalue weighted by Gasteiger charge is 2.13. The van der Waals surface area contributed by atoms with Crippen molar-refractivity contribution in [3.05, 3.63) is 65.7 Å². The second-order valence-electron chi connectivity index (χ2n) is 5.09. The van der Waals surface area contributed by atoms with Gasteiger partial charge in [-0.1, -0.05) is 42.5 Å². The molecule has 0 radical (unpaired) electrons. The van der Waals surface area contributed by atoms with Crippen molar-refractivity contribution in [1.82, 2.24) is 5.32 Å². The number of primary amides is 1. The summed E-state index contributed by atoms with van der Waals surface area (Å²) in [7, 11) is 0. The first-order valence-electron chi connectivity index (χ1n) is 6.99. The van der Waals surface area contributed by atoms with Crippen LogP contribution in [0.25, 0.3) is 0 Å². The molecule has 5 nitrogen and oxygen atoms in total. The number of carbonyl (C=O) groups is 2. The van der Waals surface area contributed by atoms with Gasteiger partial charge in [-0.2, -0.15) is 0 Å². The SMILES string of the molecule is Cc1cccc(N(CC(=O)NC(N)=O)Cc2ccccc2)c1. The van der Waals surface area contributed by atoms with Crippen LogP contribution in [0.1, 0.15) is 11.1 Å². The molecule has 0 unspecified atom stereocenters. The second-order valence-corrected chi connectivity index (χ2v) is 5.09. The van der Waals surface area contributed by atoms with Gasteiger partial charge in [-0.25, -0.2) is 4.79 Å². The lowest BCUT2D eigenvalue weighted by Gasteiger charge is -2.24. The first kappa shape index (κ1) is 15.6. The van der Waals surface area contributed by atoms with Crippen molar-refractivity contribution in [2.75, 3.05) is 11.4 Å². The van der Waals surface area contributed by atoms with E-state index >= 15 is 0 Å². The van der Waals surface area contributed by atoms with Gasteiger partial charge in [-0.05, 0) is 30.2 Å². The number of nitrogens with two attached hydrogens (primary N) is 1. The molecule has 0 saturated heterocycles. The highest BCUT2D eigenvalue weighted by atomic mass is 16.2. The molecule has 0 heterocycles. The number of hydrogen-bond acceptors (Lipinski definition) is 3. The molecule has 5 heteroatoms. The van der Waals surface area contributed by atoms with E-state index in [-0.39, 0.29) is 6.54 Å². The van der Waals surface area contributed by atoms with E-state index in [0.717, 1.165) is 16.8 Å². The molecule has 22 heavy (non-hydrogen) atoms. The Balaban J connectivity index is 2.20. The van der Waals surface area contributed by atoms with E-state index < -0.39 is 11.9 Å². The summed E-state index contributed by atoms with van der Waals surface area (Å²) in [5.74, 6) is -0.426. The lowest BCUT2D eigenvalue weighted by Crippen LogP contribution is -2.42. The van der Waals surface area contributed by atoms with E-state index in [1.807, 2.05) is 66.4 Å². The molecule has 2 aromatic carbocycles. The van der Waals surface area contributed by atoms with E-state index in [1.165, 1.54) is 0 Å². The summed E-state index contributed by atoms with van der Waals surface area (Å²) in [4.78, 5) is 24.6. The maximum Gasteiger partial charge on any atom is 0.318 e. The Hall–Kier alpha value is -2.82. The van der Waals surface area contributed by atoms with Gasteiger partial charge >= 0.3 is 6.03 Å². The molecule has 2 rings (SSSR count). The van der Waals surface area contributed by atoms with Crippen LogP contribution in [-0.4, -0.2) is 18.5 Å². The van der Waals surface area contributed by atoms with E-state index in [4.69, 9.17) is 5.73 Å². The van der Waals surface area contributed by atoms with Gasteiger partial charge < -0.3 is 10.6 Å². The molecule has 0 bridgehead atoms. The quantitative estimate of drug-likeness (QED) is 0.888. The third-order valence-electron chi connectivity index (χ3n) is 3.18. The number of aryl methyl sites for hydroxylation is 1. The lowest BCUT2D eigenvalue weighted by atomic mass is 10.1. The Labute approximate surface area is 129 Å². The number of nitrogens with one attached hydrogen (secondary N) is 1. The zero-order valence-electron chi connectivity index (χ0n) is 12.5. The van der Waals surface area contributed by atoms with Crippen LogP contribution in [0, 0.1) is 6.92 Å². The van der Waals surface area contributed by atoms with Crippen molar-refractivity contribution in [2.24, 2.45) is 5.73 Å². The van der Waals surface area contributed by atoms with Crippen LogP contribution >= 0.6 is 0 Å². The standard InChI is InChI=1S/C17H19N3O2/c1-13-6-5-9-15(10-13)20(12-16(21)19-17(18)22)11-14-7-3-2-4-8-14/h2-10H,11-12H2,1H3,(H3,18,19,21,22). The van der Waals surface area contributed by atoms with Crippen LogP contribution in [0.2, 0.25) is 0 Å². The summed E-state index contributed by atoms with van der Waals surface area (Å²) in [5.41, 5.74) is 8.10. The molecule has 0 fully saturated rings. The predicted molar refractivity (Wildman–Crippen MR) is 86.4 cm³/mol. The number of urea groups is 1. The average Bonchev–Trinajstić information content (AvgIpc) is 2.47. The molecular formula is C17H19N3O2. The third-order valence-corrected chi connectivity index (χ3v) is 3.18. The summed E-state index contributed by atoms with van der Waals surface area (Å²) in [5, 5.41) is 2.10. The van der Waals surface area contributed by atoms with E-state index in [9.17, 15) is 9.59 Å². The van der Waals surface area contributed by atoms with E-state index in [2.05, 4.69) is 5.32 Å². The van der Waals surface area contributed by atoms with Gasteiger partial charge in [0.2, 0.25) is 5.91 Å². The second kappa shape index (κ2) is 7.26. The van der Waals surface area contributed by atoms with Crippen LogP contribution in [0.15, 0.2) is 54.6 Å². The van der Waals surface area contributed by atoms with Crippen LogP contribution in [0.4, 0.5) is 10.5 Å². The van der Waals surface area contributed by atoms with Crippen LogP contribution in [0.3, 0.4) is 0 Å². The van der Waals surface area contributed by atoms with Gasteiger partial charge in [0.15, 0.2) is 0 Å². The number of hydrogen-bond donors (Lipinski definition) is 2. The lowest BCUT2D eigenvalue weighted by molar-refractivity contribution is -0.118. The molecule has 0 saturated carbocycles. The third kappa shape index (κ3) is 4.63. The van der Waals surface area contributed by atoms with Crippen LogP contribution in [0.5, 0.6) is 0 Å². The summed E-state index contributed by atoms with van der Waals surface area (Å²) in [6.45, 7) is 2.62. The van der Waals surface area contributed by atoms with Gasteiger partial charge in [0.05, 0.1) is 6.54 Å². The molecule has 3 amide bonds. The Bertz CT molecular complexity index is 656. The molecule has 114 valence electrons. The Morgan fingerprint density at radius 1 is 1.09 bits per heavy atom. The fourth-order valence-electron chi connectivity index (χ4n) is 2.22. The fraction of sp³-hybridized carbons (Fsp3) is 0.176. The smallest absolute Gasteiger partial charge is 0.318 e. The number of rotatable bonds is 5. The van der Waals surface area contributed by atoms with Gasteiger partial charge in [-0.3, -0.25) is 10.1 Å². The van der Waals surface area contributed by atoms with E-state index in [0.29, 0.717) is 6.54 Å². The molecular weight excluding hydrogens is 278 g/mol. The number of anilines is 1. The minimum absolute atomic E-state index is 0.0568. The maximum atomic E-state index is 11.9. The monoisotopic (exact) mass is 297 g/mol. The number of nitrogens with zero attached hydrogens (tertiary/aromatic N) is 1. The molecule has 0 aliphatic carbocycles. The van der Waals surface area contributed by atoms with Crippen LogP contribution in [-0.2, 0) is 11.3 Å². The molecule has 0 atom stereocenters. The topological polar surface area (TPSA) is 75.4 Å². The minimum Gasteiger partial charge on any atom is -0.358 e. The Kier molecular flexibility index (Phi) is 5.14. The first-order chi connectivity index (χ1) is 10.5. The Morgan fingerprint density at radius 2 is 1.82 bits per heavy atom. The molecule has 2 aromatic rings. The molecule has 0 aliphatic heterocycles. The number of carbonyl (C=O) groups excluding carboxylic acids is 2. The zero-order chi connectivity index (χ0) is 15.9. The van der Waals surface area contributed by atoms with Gasteiger partial charge in [-0.15, -0.1) is 0 Å². The number of amides is 3. The molecule has 0 spiro atoms. The molecule has 0 aromatic heterocycles. The van der Waals surface area contributed by atoms with E-state index in [1.54, 1.807) is 0 Å². The minimum atomic E-state index is -0.839. The van der Waals surface area contributed by atoms with Crippen molar-refractivity contribution in [1.29, 1.82) is 0 Å². The summed E-state index contributed by atoms with van der Waals surface area (Å²) >= 11 is 0. The maximum absolute atomic E-state index is 11.9. The van der Waals surface area contributed by atoms with Gasteiger partial charge in [0.25, 0.3) is 0 Å². The van der Waals surface area contributed by atoms with Gasteiger partial charge in [0, 0.05) is 12.2 Å². The summed E-state index contributed by atoms with van der Waals surface area (Å²) in [6, 6.07) is 16.9. The van der Waals surface area contributed by atoms with Crippen molar-refractivity contribution in [3.63, 3.8) is 0 Å². The first-order valence-corrected chi connectivity index (χ1v) is 6.99. The highest BCUT2D eigenvalue weighted by molar-refractivity contribution is 5.95. The fourth-order valence-corrected chi connectivity index (χ4v) is 2.22. The van der Waals surface area contributed by atoms with Gasteiger partial charge in [0.1, 0.15) is 0 Å². The normalized spacial score (nSPS) is 10.0. The van der Waals surface area contributed by atoms with Crippen molar-refractivity contribution in [3.8, 4) is 0 Å². The number of benzene rings is 2. The zero-order valence-corrected chi connectivity index (χ0v) is 12.5. The van der Waals surface area contributed by atoms with Crippen LogP contribution < -0.4 is 16.0 Å². The predicted octanol–water partition coefficient (Wildman–Crippen LogP) is 2.20. The Morgan fingerprint density at radius 3 is 2.45 bits per heavy atom. The summed E-state index contributed by atoms with van der Waals surface area (Å²) in [6.07, 6.45) is 0. The summed E-state index contributed by atoms with van der Waals surface area (Å²) < 4.78 is 0. The largest absolute Gasteiger partial charge is 0.358 e. The highest BCUT2D eigenvalue weighted by Crippen LogP contribution is 2.18. The van der Waals surface area contributed by atoms with Crippen molar-refractivity contribution >= 4 is 17.6 Å². The average molecular weight is 297 g/mol. The molecule has 0 aliphatic rings. The molecule has 3 N–H and O–H groups in total. The number of imide groups is 1.